The van der Waals surface area contributed by atoms with Crippen molar-refractivity contribution in [3.8, 4) is 0 Å². The number of quaternary nitrogens is 1. The van der Waals surface area contributed by atoms with Crippen molar-refractivity contribution in [2.24, 2.45) is 0 Å². The lowest BCUT2D eigenvalue weighted by atomic mass is 10.0. The van der Waals surface area contributed by atoms with E-state index in [0.717, 1.165) is 10.5 Å². The molecule has 0 saturated heterocycles. The number of nitrogens with zero attached hydrogens (tertiary/aromatic N) is 1. The van der Waals surface area contributed by atoms with E-state index in [1.54, 1.807) is 0 Å². The van der Waals surface area contributed by atoms with Crippen LogP contribution >= 0.6 is 11.6 Å². The molecule has 3 heteroatoms. The molecule has 0 bridgehead atoms. The summed E-state index contributed by atoms with van der Waals surface area (Å²) >= 11 is 5.92. The second-order valence-electron chi connectivity index (χ2n) is 7.02. The molecule has 0 radical (unpaired) electrons. The average Bonchev–Trinajstić information content (AvgIpc) is 2.44. The zero-order valence-corrected chi connectivity index (χ0v) is 17.7. The summed E-state index contributed by atoms with van der Waals surface area (Å²) in [6.07, 6.45) is 18.6. The molecule has 0 heterocycles. The van der Waals surface area contributed by atoms with Gasteiger partial charge in [-0.25, -0.2) is 0 Å². The molecule has 0 aromatic heterocycles. The van der Waals surface area contributed by atoms with Crippen molar-refractivity contribution >= 4 is 11.6 Å². The minimum Gasteiger partial charge on any atom is -1.00 e. The molecule has 0 atom stereocenters. The standard InChI is InChI=1S/C18H39ClN.HI/c1-4-5-6-7-8-9-10-11-12-13-14-15-16-17-20(2,3)18-19;/h4-18H2,1-3H3;1H/q+1;/p-1. The van der Waals surface area contributed by atoms with Gasteiger partial charge in [-0.3, -0.25) is 0 Å². The van der Waals surface area contributed by atoms with E-state index in [2.05, 4.69) is 21.0 Å². The highest BCUT2D eigenvalue weighted by molar-refractivity contribution is 6.16. The molecule has 0 aliphatic rings. The van der Waals surface area contributed by atoms with E-state index in [0.29, 0.717) is 0 Å². The van der Waals surface area contributed by atoms with Crippen LogP contribution in [0.15, 0.2) is 0 Å². The van der Waals surface area contributed by atoms with Crippen molar-refractivity contribution in [2.75, 3.05) is 26.6 Å². The van der Waals surface area contributed by atoms with Crippen LogP contribution in [0.1, 0.15) is 90.4 Å². The van der Waals surface area contributed by atoms with Crippen LogP contribution in [0, 0.1) is 0 Å². The second kappa shape index (κ2) is 17.3. The van der Waals surface area contributed by atoms with Gasteiger partial charge < -0.3 is 28.5 Å². The van der Waals surface area contributed by atoms with E-state index < -0.39 is 0 Å². The lowest BCUT2D eigenvalue weighted by Gasteiger charge is -2.26. The van der Waals surface area contributed by atoms with Gasteiger partial charge in [-0.2, -0.15) is 0 Å². The zero-order valence-electron chi connectivity index (χ0n) is 14.8. The smallest absolute Gasteiger partial charge is 0.154 e. The molecule has 0 amide bonds. The minimum absolute atomic E-state index is 0. The summed E-state index contributed by atoms with van der Waals surface area (Å²) in [6.45, 7) is 3.51. The molecule has 0 N–H and O–H groups in total. The third-order valence-corrected chi connectivity index (χ3v) is 4.84. The molecule has 0 unspecified atom stereocenters. The van der Waals surface area contributed by atoms with Crippen LogP contribution in [-0.4, -0.2) is 31.1 Å². The summed E-state index contributed by atoms with van der Waals surface area (Å²) in [5.74, 6) is 0. The molecule has 0 aliphatic heterocycles. The summed E-state index contributed by atoms with van der Waals surface area (Å²) in [4.78, 5) is 0. The summed E-state index contributed by atoms with van der Waals surface area (Å²) in [6, 6.07) is 0.734. The second-order valence-corrected chi connectivity index (χ2v) is 7.26. The van der Waals surface area contributed by atoms with E-state index in [4.69, 9.17) is 11.6 Å². The number of hydrogen-bond acceptors (Lipinski definition) is 0. The van der Waals surface area contributed by atoms with E-state index in [1.165, 1.54) is 90.0 Å². The molecule has 1 nitrogen and oxygen atoms in total. The van der Waals surface area contributed by atoms with E-state index in [1.807, 2.05) is 0 Å². The highest BCUT2D eigenvalue weighted by atomic mass is 127. The Labute approximate surface area is 156 Å². The van der Waals surface area contributed by atoms with Crippen molar-refractivity contribution in [3.63, 3.8) is 0 Å². The normalized spacial score (nSPS) is 11.4. The Morgan fingerprint density at radius 2 is 0.952 bits per heavy atom. The summed E-state index contributed by atoms with van der Waals surface area (Å²) < 4.78 is 0.958. The van der Waals surface area contributed by atoms with E-state index >= 15 is 0 Å². The van der Waals surface area contributed by atoms with Gasteiger partial charge >= 0.3 is 0 Å². The monoisotopic (exact) mass is 431 g/mol. The molecule has 0 aromatic rings. The summed E-state index contributed by atoms with van der Waals surface area (Å²) in [5.41, 5.74) is 0. The maximum Gasteiger partial charge on any atom is 0.154 e. The molecule has 0 aromatic carbocycles. The van der Waals surface area contributed by atoms with Crippen molar-refractivity contribution < 1.29 is 28.5 Å². The molecular weight excluding hydrogens is 393 g/mol. The van der Waals surface area contributed by atoms with E-state index in [-0.39, 0.29) is 24.0 Å². The predicted molar refractivity (Wildman–Crippen MR) is 93.4 cm³/mol. The van der Waals surface area contributed by atoms with Gasteiger partial charge in [-0.15, -0.1) is 0 Å². The fourth-order valence-electron chi connectivity index (χ4n) is 2.62. The molecule has 130 valence electrons. The maximum absolute atomic E-state index is 5.92. The quantitative estimate of drug-likeness (QED) is 0.123. The van der Waals surface area contributed by atoms with Crippen LogP contribution in [0.5, 0.6) is 0 Å². The Kier molecular flexibility index (Phi) is 20.0. The van der Waals surface area contributed by atoms with Gasteiger partial charge in [0.25, 0.3) is 0 Å². The Morgan fingerprint density at radius 3 is 1.29 bits per heavy atom. The van der Waals surface area contributed by atoms with Gasteiger partial charge in [0.15, 0.2) is 6.00 Å². The number of halogens is 2. The van der Waals surface area contributed by atoms with E-state index in [9.17, 15) is 0 Å². The SMILES string of the molecule is CCCCCCCCCCCCCCC[N+](C)(C)CCl.[I-]. The molecular formula is C18H39ClIN. The molecule has 0 saturated carbocycles. The van der Waals surface area contributed by atoms with Crippen molar-refractivity contribution in [1.82, 2.24) is 0 Å². The van der Waals surface area contributed by atoms with Gasteiger partial charge in [-0.05, 0) is 12.8 Å². The molecule has 21 heavy (non-hydrogen) atoms. The van der Waals surface area contributed by atoms with Gasteiger partial charge in [0.1, 0.15) is 0 Å². The van der Waals surface area contributed by atoms with Crippen molar-refractivity contribution in [1.29, 1.82) is 0 Å². The fraction of sp³-hybridized carbons (Fsp3) is 1.00. The van der Waals surface area contributed by atoms with Gasteiger partial charge in [0.2, 0.25) is 0 Å². The van der Waals surface area contributed by atoms with Gasteiger partial charge in [0.05, 0.1) is 20.6 Å². The molecule has 0 spiro atoms. The topological polar surface area (TPSA) is 0 Å². The summed E-state index contributed by atoms with van der Waals surface area (Å²) in [5, 5.41) is 0. The van der Waals surface area contributed by atoms with Crippen LogP contribution in [-0.2, 0) is 0 Å². The lowest BCUT2D eigenvalue weighted by molar-refractivity contribution is -0.879. The van der Waals surface area contributed by atoms with Crippen LogP contribution in [0.25, 0.3) is 0 Å². The highest BCUT2D eigenvalue weighted by Gasteiger charge is 2.11. The number of alkyl halides is 1. The van der Waals surface area contributed by atoms with Gasteiger partial charge in [0, 0.05) is 0 Å². The molecule has 0 rings (SSSR count). The number of hydrogen-bond donors (Lipinski definition) is 0. The maximum atomic E-state index is 5.92. The largest absolute Gasteiger partial charge is 1.00 e. The minimum atomic E-state index is 0. The van der Waals surface area contributed by atoms with Crippen LogP contribution in [0.3, 0.4) is 0 Å². The fourth-order valence-corrected chi connectivity index (χ4v) is 2.74. The Balaban J connectivity index is 0. The number of rotatable bonds is 15. The zero-order chi connectivity index (χ0) is 15.1. The average molecular weight is 432 g/mol. The highest BCUT2D eigenvalue weighted by Crippen LogP contribution is 2.13. The first-order chi connectivity index (χ1) is 9.62. The predicted octanol–water partition coefficient (Wildman–Crippen LogP) is 3.35. The lowest BCUT2D eigenvalue weighted by Crippen LogP contribution is -3.00. The molecule has 0 fully saturated rings. The van der Waals surface area contributed by atoms with Crippen LogP contribution in [0.2, 0.25) is 0 Å². The van der Waals surface area contributed by atoms with Crippen LogP contribution < -0.4 is 24.0 Å². The van der Waals surface area contributed by atoms with Crippen LogP contribution in [0.4, 0.5) is 0 Å². The first-order valence-electron chi connectivity index (χ1n) is 9.00. The Hall–Kier alpha value is 0.980. The Morgan fingerprint density at radius 1 is 0.619 bits per heavy atom. The molecule has 0 aliphatic carbocycles. The summed E-state index contributed by atoms with van der Waals surface area (Å²) in [7, 11) is 4.43. The third-order valence-electron chi connectivity index (χ3n) is 4.19. The van der Waals surface area contributed by atoms with Crippen molar-refractivity contribution in [3.05, 3.63) is 0 Å². The van der Waals surface area contributed by atoms with Gasteiger partial charge in [-0.1, -0.05) is 89.2 Å². The Bertz CT molecular complexity index is 198. The van der Waals surface area contributed by atoms with Crippen molar-refractivity contribution in [2.45, 2.75) is 90.4 Å². The first-order valence-corrected chi connectivity index (χ1v) is 9.54. The first kappa shape index (κ1) is 24.2. The third kappa shape index (κ3) is 18.9. The number of unbranched alkanes of at least 4 members (excludes halogenated alkanes) is 12.